The van der Waals surface area contributed by atoms with Crippen LogP contribution >= 0.6 is 0 Å². The molecule has 0 saturated carbocycles. The molecule has 0 fully saturated rings. The van der Waals surface area contributed by atoms with E-state index in [4.69, 9.17) is 38.5 Å². The van der Waals surface area contributed by atoms with Gasteiger partial charge >= 0.3 is 0 Å². The molecule has 248 valence electrons. The fourth-order valence-corrected chi connectivity index (χ4v) is 3.46. The first-order chi connectivity index (χ1) is 22.4. The van der Waals surface area contributed by atoms with Gasteiger partial charge in [-0.15, -0.1) is 0 Å². The van der Waals surface area contributed by atoms with Crippen LogP contribution in [0.1, 0.15) is 31.8 Å². The highest BCUT2D eigenvalue weighted by atomic mass is 32.3. The maximum absolute atomic E-state index is 12.0. The van der Waals surface area contributed by atoms with Crippen LogP contribution < -0.4 is 31.6 Å². The number of nitrogens with one attached hydrogen (secondary N) is 2. The number of hydrogen-bond donors (Lipinski definition) is 4. The molecule has 4 rings (SSSR count). The maximum Gasteiger partial charge on any atom is 0.257 e. The standard InChI is InChI=1S/2C16H17N3O2.H2O4S/c2*1-21-14-9-7-13(8-10-14)15(20)19-16(17)18-11-12-5-3-2-4-6-12;1-5(2,3)4/h2*2-10H,11H2,1H3,(H3,17,18,19,20);(H2,1,2,3,4)/p-2. The van der Waals surface area contributed by atoms with Crippen LogP contribution in [0.25, 0.3) is 0 Å². The van der Waals surface area contributed by atoms with Crippen molar-refractivity contribution in [2.75, 3.05) is 14.2 Å². The van der Waals surface area contributed by atoms with Gasteiger partial charge in [0, 0.05) is 21.5 Å². The summed E-state index contributed by atoms with van der Waals surface area (Å²) in [6.07, 6.45) is 0. The fourth-order valence-electron chi connectivity index (χ4n) is 3.46. The van der Waals surface area contributed by atoms with E-state index in [1.54, 1.807) is 62.8 Å². The number of aliphatic imine (C=N–C) groups is 2. The molecule has 0 bridgehead atoms. The Morgan fingerprint density at radius 2 is 0.915 bits per heavy atom. The average Bonchev–Trinajstić information content (AvgIpc) is 3.07. The van der Waals surface area contributed by atoms with Crippen LogP contribution in [0.2, 0.25) is 0 Å². The molecule has 0 unspecified atom stereocenters. The maximum atomic E-state index is 12.0. The summed E-state index contributed by atoms with van der Waals surface area (Å²) in [5.41, 5.74) is 14.5. The van der Waals surface area contributed by atoms with Gasteiger partial charge in [-0.2, -0.15) is 0 Å². The highest BCUT2D eigenvalue weighted by molar-refractivity contribution is 7.79. The topological polar surface area (TPSA) is 234 Å². The van der Waals surface area contributed by atoms with Crippen molar-refractivity contribution in [1.29, 1.82) is 0 Å². The molecule has 2 amide bonds. The summed E-state index contributed by atoms with van der Waals surface area (Å²) in [7, 11) is -2.02. The van der Waals surface area contributed by atoms with Gasteiger partial charge in [0.2, 0.25) is 0 Å². The van der Waals surface area contributed by atoms with E-state index in [1.807, 2.05) is 60.7 Å². The van der Waals surface area contributed by atoms with E-state index >= 15 is 0 Å². The number of rotatable bonds is 8. The molecule has 0 aliphatic rings. The minimum atomic E-state index is -5.17. The third-order valence-corrected chi connectivity index (χ3v) is 5.74. The Kier molecular flexibility index (Phi) is 15.6. The smallest absolute Gasteiger partial charge is 0.257 e. The summed E-state index contributed by atoms with van der Waals surface area (Å²) in [6.45, 7) is 0.852. The Bertz CT molecular complexity index is 1590. The van der Waals surface area contributed by atoms with Gasteiger partial charge in [-0.3, -0.25) is 28.6 Å². The highest BCUT2D eigenvalue weighted by Crippen LogP contribution is 2.12. The molecule has 0 aliphatic carbocycles. The van der Waals surface area contributed by atoms with Gasteiger partial charge in [0.1, 0.15) is 11.5 Å². The molecule has 0 aliphatic heterocycles. The normalized spacial score (nSPS) is 11.1. The summed E-state index contributed by atoms with van der Waals surface area (Å²) in [6, 6.07) is 32.9. The number of guanidine groups is 2. The zero-order valence-corrected chi connectivity index (χ0v) is 26.3. The second-order valence-corrected chi connectivity index (χ2v) is 9.96. The van der Waals surface area contributed by atoms with E-state index in [0.717, 1.165) is 11.1 Å². The van der Waals surface area contributed by atoms with Gasteiger partial charge in [-0.1, -0.05) is 60.7 Å². The Hall–Kier alpha value is -5.77. The molecule has 47 heavy (non-hydrogen) atoms. The molecule has 15 heteroatoms. The lowest BCUT2D eigenvalue weighted by Crippen LogP contribution is -2.36. The van der Waals surface area contributed by atoms with Gasteiger partial charge in [0.05, 0.1) is 27.3 Å². The molecule has 0 atom stereocenters. The van der Waals surface area contributed by atoms with Gasteiger partial charge in [0.15, 0.2) is 11.9 Å². The molecule has 4 aromatic rings. The minimum absolute atomic E-state index is 0.0969. The van der Waals surface area contributed by atoms with Crippen molar-refractivity contribution in [3.05, 3.63) is 131 Å². The van der Waals surface area contributed by atoms with Crippen LogP contribution in [0.3, 0.4) is 0 Å². The molecular formula is C32H34N6O8S-2. The SMILES string of the molecule is COc1ccc(C(=O)NC(N)=NCc2ccccc2)cc1.COc1ccc(C(=O)NC(N)=NCc2ccccc2)cc1.O=S(=O)([O-])[O-]. The number of methoxy groups -OCH3 is 2. The summed E-state index contributed by atoms with van der Waals surface area (Å²) < 4.78 is 44.2. The van der Waals surface area contributed by atoms with Gasteiger partial charge in [0.25, 0.3) is 11.8 Å². The average molecular weight is 663 g/mol. The van der Waals surface area contributed by atoms with E-state index in [0.29, 0.717) is 35.7 Å². The number of carbonyl (C=O) groups is 2. The Balaban J connectivity index is 0.000000286. The lowest BCUT2D eigenvalue weighted by Gasteiger charge is -2.06. The molecule has 14 nitrogen and oxygen atoms in total. The monoisotopic (exact) mass is 662 g/mol. The molecule has 0 radical (unpaired) electrons. The second kappa shape index (κ2) is 19.6. The predicted molar refractivity (Wildman–Crippen MR) is 175 cm³/mol. The first-order valence-corrected chi connectivity index (χ1v) is 15.0. The Morgan fingerprint density at radius 3 is 1.19 bits per heavy atom. The van der Waals surface area contributed by atoms with Crippen molar-refractivity contribution in [3.63, 3.8) is 0 Å². The van der Waals surface area contributed by atoms with E-state index in [1.165, 1.54) is 0 Å². The van der Waals surface area contributed by atoms with Gasteiger partial charge in [-0.25, -0.2) is 9.98 Å². The fraction of sp³-hybridized carbons (Fsp3) is 0.125. The van der Waals surface area contributed by atoms with E-state index in [2.05, 4.69) is 20.6 Å². The van der Waals surface area contributed by atoms with Crippen LogP contribution in [0.5, 0.6) is 11.5 Å². The van der Waals surface area contributed by atoms with Crippen molar-refractivity contribution >= 4 is 34.1 Å². The van der Waals surface area contributed by atoms with Crippen molar-refractivity contribution < 1.29 is 36.6 Å². The predicted octanol–water partition coefficient (Wildman–Crippen LogP) is 2.54. The van der Waals surface area contributed by atoms with Crippen molar-refractivity contribution in [1.82, 2.24) is 10.6 Å². The second-order valence-electron chi connectivity index (χ2n) is 9.15. The lowest BCUT2D eigenvalue weighted by molar-refractivity contribution is 0.0968. The van der Waals surface area contributed by atoms with Crippen molar-refractivity contribution in [3.8, 4) is 11.5 Å². The van der Waals surface area contributed by atoms with Crippen molar-refractivity contribution in [2.24, 2.45) is 21.5 Å². The Labute approximate surface area is 272 Å². The zero-order chi connectivity index (χ0) is 34.7. The summed E-state index contributed by atoms with van der Waals surface area (Å²) in [5, 5.41) is 5.10. The highest BCUT2D eigenvalue weighted by Gasteiger charge is 2.08. The first-order valence-electron chi connectivity index (χ1n) is 13.6. The van der Waals surface area contributed by atoms with Gasteiger partial charge in [-0.05, 0) is 59.7 Å². The lowest BCUT2D eigenvalue weighted by atomic mass is 10.2. The third-order valence-electron chi connectivity index (χ3n) is 5.74. The number of ether oxygens (including phenoxy) is 2. The molecule has 0 heterocycles. The van der Waals surface area contributed by atoms with Crippen LogP contribution in [-0.4, -0.2) is 55.5 Å². The van der Waals surface area contributed by atoms with E-state index in [9.17, 15) is 9.59 Å². The van der Waals surface area contributed by atoms with Crippen molar-refractivity contribution in [2.45, 2.75) is 13.1 Å². The zero-order valence-electron chi connectivity index (χ0n) is 25.5. The number of carbonyl (C=O) groups excluding carboxylic acids is 2. The van der Waals surface area contributed by atoms with Crippen LogP contribution in [0.4, 0.5) is 0 Å². The molecule has 4 aromatic carbocycles. The first kappa shape index (κ1) is 37.4. The van der Waals surface area contributed by atoms with E-state index < -0.39 is 10.4 Å². The molecular weight excluding hydrogens is 628 g/mol. The van der Waals surface area contributed by atoms with E-state index in [-0.39, 0.29) is 23.7 Å². The molecule has 0 spiro atoms. The summed E-state index contributed by atoms with van der Waals surface area (Å²) in [5.74, 6) is 0.979. The number of nitrogens with two attached hydrogens (primary N) is 2. The molecule has 0 saturated heterocycles. The number of benzene rings is 4. The van der Waals surface area contributed by atoms with Crippen LogP contribution in [0, 0.1) is 0 Å². The Morgan fingerprint density at radius 1 is 0.617 bits per heavy atom. The number of hydrogen-bond acceptors (Lipinski definition) is 10. The molecule has 6 N–H and O–H groups in total. The summed E-state index contributed by atoms with van der Waals surface area (Å²) >= 11 is 0. The number of nitrogens with zero attached hydrogens (tertiary/aromatic N) is 2. The van der Waals surface area contributed by atoms with Crippen LogP contribution in [0.15, 0.2) is 119 Å². The van der Waals surface area contributed by atoms with Crippen LogP contribution in [-0.2, 0) is 23.5 Å². The molecule has 0 aromatic heterocycles. The number of amides is 2. The minimum Gasteiger partial charge on any atom is -0.759 e. The quantitative estimate of drug-likeness (QED) is 0.0931. The third kappa shape index (κ3) is 16.2. The largest absolute Gasteiger partial charge is 0.759 e. The van der Waals surface area contributed by atoms with Gasteiger partial charge < -0.3 is 30.0 Å². The summed E-state index contributed by atoms with van der Waals surface area (Å²) in [4.78, 5) is 32.2.